The standard InChI is InChI=1S/C18H22ClN3O2/c1-12(15-6-4-5-7-16(15)19)22(13-8-9-13)11-14-10-17(23)21(3)18(24)20(14)2/h4-7,10,12-13H,8-9,11H2,1-3H3/t12-/m0/s1. The van der Waals surface area contributed by atoms with Gasteiger partial charge in [0.15, 0.2) is 0 Å². The third kappa shape index (κ3) is 3.19. The van der Waals surface area contributed by atoms with Crippen LogP contribution in [0.4, 0.5) is 0 Å². The Balaban J connectivity index is 1.95. The van der Waals surface area contributed by atoms with Gasteiger partial charge in [-0.2, -0.15) is 0 Å². The largest absolute Gasteiger partial charge is 0.330 e. The van der Waals surface area contributed by atoms with Crippen LogP contribution < -0.4 is 11.2 Å². The average molecular weight is 348 g/mol. The van der Waals surface area contributed by atoms with Crippen LogP contribution in [0.3, 0.4) is 0 Å². The van der Waals surface area contributed by atoms with E-state index in [9.17, 15) is 9.59 Å². The Hall–Kier alpha value is -1.85. The number of benzene rings is 1. The number of hydrogen-bond donors (Lipinski definition) is 0. The van der Waals surface area contributed by atoms with Crippen molar-refractivity contribution in [3.8, 4) is 0 Å². The second-order valence-corrected chi connectivity index (χ2v) is 6.88. The summed E-state index contributed by atoms with van der Waals surface area (Å²) >= 11 is 6.36. The molecule has 128 valence electrons. The molecule has 1 aromatic carbocycles. The van der Waals surface area contributed by atoms with E-state index in [-0.39, 0.29) is 17.3 Å². The molecule has 0 N–H and O–H groups in total. The molecule has 1 aliphatic rings. The average Bonchev–Trinajstić information content (AvgIpc) is 3.39. The maximum Gasteiger partial charge on any atom is 0.330 e. The van der Waals surface area contributed by atoms with Crippen LogP contribution in [-0.2, 0) is 20.6 Å². The molecule has 2 aromatic rings. The Kier molecular flexibility index (Phi) is 4.65. The minimum Gasteiger partial charge on any atom is -0.299 e. The van der Waals surface area contributed by atoms with Gasteiger partial charge in [0, 0.05) is 49.5 Å². The Morgan fingerprint density at radius 2 is 1.88 bits per heavy atom. The monoisotopic (exact) mass is 347 g/mol. The first-order valence-electron chi connectivity index (χ1n) is 8.16. The Bertz CT molecular complexity index is 867. The van der Waals surface area contributed by atoms with E-state index in [1.54, 1.807) is 17.7 Å². The maximum absolute atomic E-state index is 12.2. The second kappa shape index (κ2) is 6.57. The molecule has 1 heterocycles. The number of halogens is 1. The summed E-state index contributed by atoms with van der Waals surface area (Å²) < 4.78 is 2.68. The van der Waals surface area contributed by atoms with Gasteiger partial charge in [0.25, 0.3) is 5.56 Å². The van der Waals surface area contributed by atoms with E-state index < -0.39 is 0 Å². The fraction of sp³-hybridized carbons (Fsp3) is 0.444. The SMILES string of the molecule is C[C@@H](c1ccccc1Cl)N(Cc1cc(=O)n(C)c(=O)n1C)C1CC1. The number of nitrogens with zero attached hydrogens (tertiary/aromatic N) is 3. The molecule has 0 amide bonds. The van der Waals surface area contributed by atoms with Gasteiger partial charge in [-0.25, -0.2) is 4.79 Å². The molecule has 0 aliphatic heterocycles. The third-order valence-electron chi connectivity index (χ3n) is 4.84. The summed E-state index contributed by atoms with van der Waals surface area (Å²) in [5, 5.41) is 0.744. The fourth-order valence-electron chi connectivity index (χ4n) is 3.10. The Morgan fingerprint density at radius 3 is 2.50 bits per heavy atom. The normalized spacial score (nSPS) is 15.7. The molecule has 1 aromatic heterocycles. The first-order valence-corrected chi connectivity index (χ1v) is 8.54. The van der Waals surface area contributed by atoms with Crippen molar-refractivity contribution in [2.45, 2.75) is 38.4 Å². The van der Waals surface area contributed by atoms with Crippen molar-refractivity contribution in [3.05, 3.63) is 67.4 Å². The lowest BCUT2D eigenvalue weighted by atomic mass is 10.1. The maximum atomic E-state index is 12.2. The molecule has 0 radical (unpaired) electrons. The van der Waals surface area contributed by atoms with E-state index in [4.69, 9.17) is 11.6 Å². The van der Waals surface area contributed by atoms with Crippen LogP contribution in [0.15, 0.2) is 39.9 Å². The molecule has 5 nitrogen and oxygen atoms in total. The van der Waals surface area contributed by atoms with Crippen molar-refractivity contribution >= 4 is 11.6 Å². The number of hydrogen-bond acceptors (Lipinski definition) is 3. The highest BCUT2D eigenvalue weighted by Crippen LogP contribution is 2.37. The lowest BCUT2D eigenvalue weighted by Crippen LogP contribution is -2.40. The number of rotatable bonds is 5. The van der Waals surface area contributed by atoms with Crippen molar-refractivity contribution in [3.63, 3.8) is 0 Å². The molecular weight excluding hydrogens is 326 g/mol. The predicted molar refractivity (Wildman–Crippen MR) is 95.4 cm³/mol. The van der Waals surface area contributed by atoms with E-state index in [0.29, 0.717) is 12.6 Å². The molecule has 24 heavy (non-hydrogen) atoms. The molecule has 3 rings (SSSR count). The van der Waals surface area contributed by atoms with Crippen molar-refractivity contribution in [2.24, 2.45) is 14.1 Å². The van der Waals surface area contributed by atoms with Crippen LogP contribution in [0, 0.1) is 0 Å². The van der Waals surface area contributed by atoms with Crippen molar-refractivity contribution in [1.29, 1.82) is 0 Å². The summed E-state index contributed by atoms with van der Waals surface area (Å²) in [5.74, 6) is 0. The van der Waals surface area contributed by atoms with E-state index in [0.717, 1.165) is 33.7 Å². The van der Waals surface area contributed by atoms with Gasteiger partial charge in [0.2, 0.25) is 0 Å². The fourth-order valence-corrected chi connectivity index (χ4v) is 3.39. The molecule has 0 bridgehead atoms. The summed E-state index contributed by atoms with van der Waals surface area (Å²) in [4.78, 5) is 26.5. The summed E-state index contributed by atoms with van der Waals surface area (Å²) in [6, 6.07) is 9.97. The highest BCUT2D eigenvalue weighted by molar-refractivity contribution is 6.31. The van der Waals surface area contributed by atoms with Gasteiger partial charge < -0.3 is 0 Å². The Labute approximate surface area is 146 Å². The molecule has 1 saturated carbocycles. The molecule has 0 spiro atoms. The zero-order chi connectivity index (χ0) is 17.4. The summed E-state index contributed by atoms with van der Waals surface area (Å²) in [6.45, 7) is 2.68. The highest BCUT2D eigenvalue weighted by Gasteiger charge is 2.33. The third-order valence-corrected chi connectivity index (χ3v) is 5.18. The molecule has 6 heteroatoms. The highest BCUT2D eigenvalue weighted by atomic mass is 35.5. The van der Waals surface area contributed by atoms with Crippen LogP contribution in [-0.4, -0.2) is 20.1 Å². The minimum absolute atomic E-state index is 0.116. The molecule has 0 unspecified atom stereocenters. The summed E-state index contributed by atoms with van der Waals surface area (Å²) in [5.41, 5.74) is 1.24. The molecular formula is C18H22ClN3O2. The van der Waals surface area contributed by atoms with Crippen LogP contribution in [0.25, 0.3) is 0 Å². The van der Waals surface area contributed by atoms with Crippen molar-refractivity contribution in [2.75, 3.05) is 0 Å². The van der Waals surface area contributed by atoms with Crippen molar-refractivity contribution < 1.29 is 0 Å². The smallest absolute Gasteiger partial charge is 0.299 e. The zero-order valence-electron chi connectivity index (χ0n) is 14.2. The Morgan fingerprint density at radius 1 is 1.21 bits per heavy atom. The van der Waals surface area contributed by atoms with E-state index in [1.165, 1.54) is 7.05 Å². The second-order valence-electron chi connectivity index (χ2n) is 6.48. The molecule has 1 fully saturated rings. The lowest BCUT2D eigenvalue weighted by Gasteiger charge is -2.30. The zero-order valence-corrected chi connectivity index (χ0v) is 15.0. The van der Waals surface area contributed by atoms with Gasteiger partial charge in [-0.1, -0.05) is 29.8 Å². The van der Waals surface area contributed by atoms with Crippen LogP contribution in [0.2, 0.25) is 5.02 Å². The van der Waals surface area contributed by atoms with Crippen LogP contribution in [0.1, 0.15) is 37.1 Å². The molecule has 1 atom stereocenters. The quantitative estimate of drug-likeness (QED) is 0.834. The van der Waals surface area contributed by atoms with Gasteiger partial charge >= 0.3 is 5.69 Å². The van der Waals surface area contributed by atoms with Crippen LogP contribution >= 0.6 is 11.6 Å². The van der Waals surface area contributed by atoms with Gasteiger partial charge in [0.1, 0.15) is 0 Å². The van der Waals surface area contributed by atoms with Gasteiger partial charge in [0.05, 0.1) is 0 Å². The molecule has 1 aliphatic carbocycles. The van der Waals surface area contributed by atoms with Crippen LogP contribution in [0.5, 0.6) is 0 Å². The van der Waals surface area contributed by atoms with Gasteiger partial charge in [-0.3, -0.25) is 18.8 Å². The number of aromatic nitrogens is 2. The van der Waals surface area contributed by atoms with Gasteiger partial charge in [-0.15, -0.1) is 0 Å². The minimum atomic E-state index is -0.293. The van der Waals surface area contributed by atoms with E-state index >= 15 is 0 Å². The van der Waals surface area contributed by atoms with Crippen molar-refractivity contribution in [1.82, 2.24) is 14.0 Å². The summed E-state index contributed by atoms with van der Waals surface area (Å²) in [7, 11) is 3.21. The molecule has 0 saturated heterocycles. The topological polar surface area (TPSA) is 47.2 Å². The first-order chi connectivity index (χ1) is 11.4. The summed E-state index contributed by atoms with van der Waals surface area (Å²) in [6.07, 6.45) is 2.27. The van der Waals surface area contributed by atoms with E-state index in [2.05, 4.69) is 11.8 Å². The van der Waals surface area contributed by atoms with E-state index in [1.807, 2.05) is 24.3 Å². The first kappa shape index (κ1) is 17.0. The van der Waals surface area contributed by atoms with Gasteiger partial charge in [-0.05, 0) is 31.4 Å². The predicted octanol–water partition coefficient (Wildman–Crippen LogP) is 2.46. The lowest BCUT2D eigenvalue weighted by molar-refractivity contribution is 0.185.